The van der Waals surface area contributed by atoms with Crippen LogP contribution in [0.3, 0.4) is 0 Å². The number of nitrogens with one attached hydrogen (secondary N) is 2. The molecule has 0 spiro atoms. The zero-order valence-electron chi connectivity index (χ0n) is 18.2. The van der Waals surface area contributed by atoms with Gasteiger partial charge in [0, 0.05) is 57.5 Å². The number of hydrogen-bond acceptors (Lipinski definition) is 3. The number of unbranched alkanes of at least 4 members (excludes halogenated alkanes) is 1. The average Bonchev–Trinajstić information content (AvgIpc) is 2.68. The number of hydrogen-bond donors (Lipinski definition) is 2. The van der Waals surface area contributed by atoms with E-state index in [2.05, 4.69) is 78.6 Å². The summed E-state index contributed by atoms with van der Waals surface area (Å²) in [6.07, 6.45) is 4.66. The van der Waals surface area contributed by atoms with E-state index in [-0.39, 0.29) is 24.0 Å². The number of guanidine groups is 1. The lowest BCUT2D eigenvalue weighted by Crippen LogP contribution is -2.49. The highest BCUT2D eigenvalue weighted by molar-refractivity contribution is 14.0. The first-order valence-electron chi connectivity index (χ1n) is 10.6. The van der Waals surface area contributed by atoms with Gasteiger partial charge in [-0.15, -0.1) is 24.0 Å². The third-order valence-corrected chi connectivity index (χ3v) is 5.31. The molecule has 0 aliphatic carbocycles. The Labute approximate surface area is 189 Å². The molecule has 5 nitrogen and oxygen atoms in total. The number of anilines is 1. The lowest BCUT2D eigenvalue weighted by atomic mass is 10.0. The van der Waals surface area contributed by atoms with Crippen LogP contribution in [-0.2, 0) is 0 Å². The summed E-state index contributed by atoms with van der Waals surface area (Å²) in [4.78, 5) is 9.67. The molecule has 1 aliphatic rings. The predicted molar refractivity (Wildman–Crippen MR) is 133 cm³/mol. The first-order chi connectivity index (χ1) is 13.1. The predicted octanol–water partition coefficient (Wildman–Crippen LogP) is 3.95. The molecule has 6 heteroatoms. The second-order valence-corrected chi connectivity index (χ2v) is 7.77. The van der Waals surface area contributed by atoms with Crippen LogP contribution in [0.4, 0.5) is 5.69 Å². The largest absolute Gasteiger partial charge is 0.375 e. The van der Waals surface area contributed by atoms with Crippen molar-refractivity contribution in [1.29, 1.82) is 0 Å². The summed E-state index contributed by atoms with van der Waals surface area (Å²) in [6.45, 7) is 11.9. The van der Waals surface area contributed by atoms with Gasteiger partial charge in [0.25, 0.3) is 0 Å². The van der Waals surface area contributed by atoms with Crippen LogP contribution in [0.2, 0.25) is 0 Å². The number of para-hydroxylation sites is 1. The molecule has 1 fully saturated rings. The molecule has 1 aromatic rings. The number of halogens is 1. The first kappa shape index (κ1) is 25.0. The smallest absolute Gasteiger partial charge is 0.191 e. The van der Waals surface area contributed by atoms with Crippen LogP contribution in [-0.4, -0.2) is 62.7 Å². The van der Waals surface area contributed by atoms with Crippen molar-refractivity contribution in [3.8, 4) is 0 Å². The standard InChI is InChI=1S/C22H39N5.HI/c1-5-23-22(25-20-13-17-27(18-14-20)19(2)3)24-15-9-10-16-26(4)21-11-7-6-8-12-21;/h6-8,11-12,19-20H,5,9-10,13-18H2,1-4H3,(H2,23,24,25);1H. The molecule has 160 valence electrons. The Bertz CT molecular complexity index is 541. The highest BCUT2D eigenvalue weighted by Gasteiger charge is 2.21. The minimum Gasteiger partial charge on any atom is -0.375 e. The monoisotopic (exact) mass is 501 g/mol. The third-order valence-electron chi connectivity index (χ3n) is 5.31. The fourth-order valence-corrected chi connectivity index (χ4v) is 3.54. The van der Waals surface area contributed by atoms with Gasteiger partial charge in [0.05, 0.1) is 0 Å². The van der Waals surface area contributed by atoms with Gasteiger partial charge in [-0.25, -0.2) is 0 Å². The lowest BCUT2D eigenvalue weighted by molar-refractivity contribution is 0.167. The molecular weight excluding hydrogens is 461 g/mol. The average molecular weight is 502 g/mol. The summed E-state index contributed by atoms with van der Waals surface area (Å²) in [7, 11) is 2.16. The Kier molecular flexibility index (Phi) is 12.5. The van der Waals surface area contributed by atoms with E-state index in [1.807, 2.05) is 0 Å². The van der Waals surface area contributed by atoms with Crippen LogP contribution >= 0.6 is 24.0 Å². The SMILES string of the molecule is CCNC(=NCCCCN(C)c1ccccc1)NC1CCN(C(C)C)CC1.I. The first-order valence-corrected chi connectivity index (χ1v) is 10.6. The Hall–Kier alpha value is -1.02. The van der Waals surface area contributed by atoms with E-state index >= 15 is 0 Å². The van der Waals surface area contributed by atoms with Crippen LogP contribution in [0.5, 0.6) is 0 Å². The quantitative estimate of drug-likeness (QED) is 0.233. The summed E-state index contributed by atoms with van der Waals surface area (Å²) < 4.78 is 0. The second-order valence-electron chi connectivity index (χ2n) is 7.77. The van der Waals surface area contributed by atoms with E-state index in [1.54, 1.807) is 0 Å². The van der Waals surface area contributed by atoms with Crippen molar-refractivity contribution < 1.29 is 0 Å². The molecule has 0 unspecified atom stereocenters. The summed E-state index contributed by atoms with van der Waals surface area (Å²) in [5, 5.41) is 7.05. The molecule has 0 aromatic heterocycles. The van der Waals surface area contributed by atoms with Crippen molar-refractivity contribution in [2.45, 2.75) is 58.5 Å². The zero-order chi connectivity index (χ0) is 19.5. The minimum atomic E-state index is 0. The molecular formula is C22H40IN5. The van der Waals surface area contributed by atoms with Crippen molar-refractivity contribution in [2.24, 2.45) is 4.99 Å². The van der Waals surface area contributed by atoms with E-state index in [4.69, 9.17) is 4.99 Å². The third kappa shape index (κ3) is 8.99. The fraction of sp³-hybridized carbons (Fsp3) is 0.682. The highest BCUT2D eigenvalue weighted by atomic mass is 127. The molecule has 0 amide bonds. The van der Waals surface area contributed by atoms with E-state index < -0.39 is 0 Å². The Balaban J connectivity index is 0.00000392. The van der Waals surface area contributed by atoms with Crippen LogP contribution < -0.4 is 15.5 Å². The van der Waals surface area contributed by atoms with E-state index in [0.717, 1.165) is 38.4 Å². The van der Waals surface area contributed by atoms with Crippen LogP contribution in [0, 0.1) is 0 Å². The summed E-state index contributed by atoms with van der Waals surface area (Å²) in [6, 6.07) is 11.8. The van der Waals surface area contributed by atoms with Crippen molar-refractivity contribution in [1.82, 2.24) is 15.5 Å². The molecule has 1 aliphatic heterocycles. The number of benzene rings is 1. The zero-order valence-corrected chi connectivity index (χ0v) is 20.5. The number of likely N-dealkylation sites (tertiary alicyclic amines) is 1. The van der Waals surface area contributed by atoms with Crippen molar-refractivity contribution in [2.75, 3.05) is 44.7 Å². The number of aliphatic imine (C=N–C) groups is 1. The topological polar surface area (TPSA) is 42.9 Å². The number of piperidine rings is 1. The van der Waals surface area contributed by atoms with Gasteiger partial charge in [-0.1, -0.05) is 18.2 Å². The van der Waals surface area contributed by atoms with Gasteiger partial charge in [0.1, 0.15) is 0 Å². The van der Waals surface area contributed by atoms with Gasteiger partial charge in [-0.2, -0.15) is 0 Å². The van der Waals surface area contributed by atoms with Crippen LogP contribution in [0.1, 0.15) is 46.5 Å². The Morgan fingerprint density at radius 2 is 1.86 bits per heavy atom. The van der Waals surface area contributed by atoms with Crippen molar-refractivity contribution in [3.05, 3.63) is 30.3 Å². The molecule has 0 bridgehead atoms. The maximum Gasteiger partial charge on any atom is 0.191 e. The molecule has 1 aromatic carbocycles. The minimum absolute atomic E-state index is 0. The number of rotatable bonds is 9. The van der Waals surface area contributed by atoms with Crippen LogP contribution in [0.15, 0.2) is 35.3 Å². The molecule has 0 saturated carbocycles. The molecule has 2 N–H and O–H groups in total. The Morgan fingerprint density at radius 1 is 1.18 bits per heavy atom. The fourth-order valence-electron chi connectivity index (χ4n) is 3.54. The maximum absolute atomic E-state index is 4.79. The molecule has 0 atom stereocenters. The van der Waals surface area contributed by atoms with Crippen molar-refractivity contribution in [3.63, 3.8) is 0 Å². The van der Waals surface area contributed by atoms with E-state index in [1.165, 1.54) is 31.6 Å². The molecule has 1 heterocycles. The Morgan fingerprint density at radius 3 is 2.46 bits per heavy atom. The molecule has 28 heavy (non-hydrogen) atoms. The normalized spacial score (nSPS) is 16.0. The molecule has 1 saturated heterocycles. The summed E-state index contributed by atoms with van der Waals surface area (Å²) in [5.41, 5.74) is 1.28. The van der Waals surface area contributed by atoms with Gasteiger partial charge in [0.15, 0.2) is 5.96 Å². The van der Waals surface area contributed by atoms with Crippen LogP contribution in [0.25, 0.3) is 0 Å². The van der Waals surface area contributed by atoms with E-state index in [0.29, 0.717) is 12.1 Å². The summed E-state index contributed by atoms with van der Waals surface area (Å²) in [5.74, 6) is 0.983. The second kappa shape index (κ2) is 14.0. The van der Waals surface area contributed by atoms with E-state index in [9.17, 15) is 0 Å². The number of nitrogens with zero attached hydrogens (tertiary/aromatic N) is 3. The van der Waals surface area contributed by atoms with Gasteiger partial charge >= 0.3 is 0 Å². The lowest BCUT2D eigenvalue weighted by Gasteiger charge is -2.35. The van der Waals surface area contributed by atoms with Gasteiger partial charge in [-0.05, 0) is 58.6 Å². The maximum atomic E-state index is 4.79. The van der Waals surface area contributed by atoms with Gasteiger partial charge < -0.3 is 20.4 Å². The van der Waals surface area contributed by atoms with Crippen molar-refractivity contribution >= 4 is 35.6 Å². The highest BCUT2D eigenvalue weighted by Crippen LogP contribution is 2.13. The molecule has 0 radical (unpaired) electrons. The van der Waals surface area contributed by atoms with Gasteiger partial charge in [-0.3, -0.25) is 4.99 Å². The molecule has 2 rings (SSSR count). The summed E-state index contributed by atoms with van der Waals surface area (Å²) >= 11 is 0. The van der Waals surface area contributed by atoms with Gasteiger partial charge in [0.2, 0.25) is 0 Å².